The lowest BCUT2D eigenvalue weighted by atomic mass is 10.3. The smallest absolute Gasteiger partial charge is 0.104 e. The topological polar surface area (TPSA) is 0 Å². The molecular formula is C5H13AlSi. The van der Waals surface area contributed by atoms with Crippen LogP contribution in [0.4, 0.5) is 0 Å². The van der Waals surface area contributed by atoms with Crippen molar-refractivity contribution in [2.75, 3.05) is 0 Å². The molecule has 1 aliphatic rings. The summed E-state index contributed by atoms with van der Waals surface area (Å²) in [5, 5.41) is 3.17. The molecule has 0 nitrogen and oxygen atoms in total. The van der Waals surface area contributed by atoms with Crippen molar-refractivity contribution >= 4 is 26.2 Å². The van der Waals surface area contributed by atoms with Gasteiger partial charge in [0.15, 0.2) is 15.2 Å². The number of rotatable bonds is 0. The van der Waals surface area contributed by atoms with Crippen molar-refractivity contribution in [3.63, 3.8) is 0 Å². The van der Waals surface area contributed by atoms with E-state index in [0.717, 1.165) is 15.2 Å². The molecule has 0 aromatic carbocycles. The second-order valence-electron chi connectivity index (χ2n) is 1.93. The van der Waals surface area contributed by atoms with Crippen molar-refractivity contribution in [1.82, 2.24) is 0 Å². The monoisotopic (exact) mass is 128 g/mol. The molecule has 0 saturated carbocycles. The molecule has 0 aromatic heterocycles. The number of hydrogen-bond acceptors (Lipinski definition) is 0. The van der Waals surface area contributed by atoms with Gasteiger partial charge in [-0.05, 0) is 11.0 Å². The van der Waals surface area contributed by atoms with Gasteiger partial charge in [-0.15, -0.1) is 10.6 Å². The lowest BCUT2D eigenvalue weighted by molar-refractivity contribution is 0.734. The first-order valence-corrected chi connectivity index (χ1v) is 4.45. The average molecular weight is 128 g/mol. The van der Waals surface area contributed by atoms with Crippen LogP contribution in [0, 0.1) is 0 Å². The summed E-state index contributed by atoms with van der Waals surface area (Å²) >= 11 is 0.905. The molecule has 7 heavy (non-hydrogen) atoms. The summed E-state index contributed by atoms with van der Waals surface area (Å²) in [7, 11) is 0. The fourth-order valence-electron chi connectivity index (χ4n) is 0.898. The van der Waals surface area contributed by atoms with E-state index < -0.39 is 0 Å². The minimum atomic E-state index is 0. The molecule has 2 heteroatoms. The Morgan fingerprint density at radius 2 is 1.43 bits per heavy atom. The Morgan fingerprint density at radius 3 is 1.57 bits per heavy atom. The Hall–Kier alpha value is 0.749. The van der Waals surface area contributed by atoms with E-state index in [0.29, 0.717) is 0 Å². The third kappa shape index (κ3) is 3.34. The van der Waals surface area contributed by atoms with Gasteiger partial charge in [-0.25, -0.2) is 0 Å². The van der Waals surface area contributed by atoms with Crippen LogP contribution < -0.4 is 0 Å². The van der Waals surface area contributed by atoms with Crippen molar-refractivity contribution in [3.05, 3.63) is 0 Å². The second kappa shape index (κ2) is 4.90. The van der Waals surface area contributed by atoms with Crippen molar-refractivity contribution in [2.45, 2.75) is 29.8 Å². The quantitative estimate of drug-likeness (QED) is 0.417. The predicted molar refractivity (Wildman–Crippen MR) is 39.2 cm³/mol. The normalized spacial score (nSPS) is 19.4. The maximum atomic E-state index is 1.58. The Labute approximate surface area is 56.4 Å². The lowest BCUT2D eigenvalue weighted by Gasteiger charge is -2.04. The Balaban J connectivity index is 0.000000360. The van der Waals surface area contributed by atoms with Gasteiger partial charge in [0.2, 0.25) is 0 Å². The zero-order valence-corrected chi connectivity index (χ0v) is 8.27. The third-order valence-corrected chi connectivity index (χ3v) is 2.95. The summed E-state index contributed by atoms with van der Waals surface area (Å²) in [5.41, 5.74) is 0. The zero-order chi connectivity index (χ0) is 4.24. The van der Waals surface area contributed by atoms with Gasteiger partial charge in [-0.2, -0.15) is 0 Å². The van der Waals surface area contributed by atoms with Crippen LogP contribution in [-0.4, -0.2) is 26.2 Å². The van der Waals surface area contributed by atoms with E-state index in [1.165, 1.54) is 19.3 Å². The molecule has 0 spiro atoms. The van der Waals surface area contributed by atoms with Crippen molar-refractivity contribution in [1.29, 1.82) is 0 Å². The maximum absolute atomic E-state index is 1.58. The molecule has 0 amide bonds. The molecule has 0 aromatic rings. The highest BCUT2D eigenvalue weighted by Gasteiger charge is 1.98. The first-order chi connectivity index (χ1) is 3.00. The van der Waals surface area contributed by atoms with Gasteiger partial charge < -0.3 is 0 Å². The van der Waals surface area contributed by atoms with Crippen LogP contribution in [0.25, 0.3) is 0 Å². The molecule has 0 unspecified atom stereocenters. The van der Waals surface area contributed by atoms with Crippen LogP contribution in [0.1, 0.15) is 19.3 Å². The van der Waals surface area contributed by atoms with E-state index in [1.807, 2.05) is 0 Å². The second-order valence-corrected chi connectivity index (χ2v) is 3.66. The van der Waals surface area contributed by atoms with E-state index in [2.05, 4.69) is 0 Å². The molecule has 1 rings (SSSR count). The van der Waals surface area contributed by atoms with E-state index in [-0.39, 0.29) is 11.0 Å². The van der Waals surface area contributed by atoms with Gasteiger partial charge in [-0.1, -0.05) is 19.3 Å². The van der Waals surface area contributed by atoms with Gasteiger partial charge >= 0.3 is 0 Å². The minimum Gasteiger partial charge on any atom is -0.104 e. The van der Waals surface area contributed by atoms with Gasteiger partial charge in [0, 0.05) is 0 Å². The molecule has 1 saturated heterocycles. The Bertz CT molecular complexity index is 23.6. The maximum Gasteiger partial charge on any atom is 0.199 e. The predicted octanol–water partition coefficient (Wildman–Crippen LogP) is 0.527. The van der Waals surface area contributed by atoms with E-state index >= 15 is 0 Å². The highest BCUT2D eigenvalue weighted by molar-refractivity contribution is 6.35. The highest BCUT2D eigenvalue weighted by atomic mass is 28.1. The van der Waals surface area contributed by atoms with Crippen LogP contribution in [0.2, 0.25) is 10.6 Å². The lowest BCUT2D eigenvalue weighted by Crippen LogP contribution is -1.94. The van der Waals surface area contributed by atoms with E-state index in [4.69, 9.17) is 0 Å². The summed E-state index contributed by atoms with van der Waals surface area (Å²) in [5.74, 6) is 0. The van der Waals surface area contributed by atoms with E-state index in [9.17, 15) is 0 Å². The molecule has 1 fully saturated rings. The zero-order valence-electron chi connectivity index (χ0n) is 5.11. The third-order valence-electron chi connectivity index (χ3n) is 1.32. The molecule has 0 aliphatic carbocycles. The van der Waals surface area contributed by atoms with Crippen LogP contribution in [0.15, 0.2) is 0 Å². The SMILES string of the molecule is C1C[CH2][Al][CH2]C1.[SiH3]. The molecule has 40 valence electrons. The van der Waals surface area contributed by atoms with Crippen LogP contribution in [-0.2, 0) is 0 Å². The Morgan fingerprint density at radius 1 is 0.857 bits per heavy atom. The first-order valence-electron chi connectivity index (χ1n) is 2.82. The van der Waals surface area contributed by atoms with Crippen LogP contribution in [0.3, 0.4) is 0 Å². The van der Waals surface area contributed by atoms with Gasteiger partial charge in [-0.3, -0.25) is 0 Å². The molecule has 0 atom stereocenters. The molecule has 1 heterocycles. The summed E-state index contributed by atoms with van der Waals surface area (Å²) < 4.78 is 0. The molecular weight excluding hydrogens is 115 g/mol. The average Bonchev–Trinajstić information content (AvgIpc) is 1.72. The summed E-state index contributed by atoms with van der Waals surface area (Å²) in [6.07, 6.45) is 4.59. The highest BCUT2D eigenvalue weighted by Crippen LogP contribution is 2.10. The van der Waals surface area contributed by atoms with Gasteiger partial charge in [0.25, 0.3) is 0 Å². The molecule has 2 radical (unpaired) electrons. The largest absolute Gasteiger partial charge is 0.199 e. The van der Waals surface area contributed by atoms with Crippen molar-refractivity contribution < 1.29 is 0 Å². The molecule has 1 aliphatic heterocycles. The summed E-state index contributed by atoms with van der Waals surface area (Å²) in [6, 6.07) is 0. The minimum absolute atomic E-state index is 0. The van der Waals surface area contributed by atoms with Crippen LogP contribution >= 0.6 is 0 Å². The molecule has 0 bridgehead atoms. The fourth-order valence-corrected chi connectivity index (χ4v) is 2.34. The van der Waals surface area contributed by atoms with Gasteiger partial charge in [0.05, 0.1) is 0 Å². The number of hydrogen-bond donors (Lipinski definition) is 0. The standard InChI is InChI=1S/C5H10.Al.H3Si/c1-3-5-4-2;;/h1-5H2;;1H3. The van der Waals surface area contributed by atoms with Crippen molar-refractivity contribution in [3.8, 4) is 0 Å². The van der Waals surface area contributed by atoms with Crippen molar-refractivity contribution in [2.24, 2.45) is 0 Å². The van der Waals surface area contributed by atoms with Crippen LogP contribution in [0.5, 0.6) is 0 Å². The van der Waals surface area contributed by atoms with Gasteiger partial charge in [0.1, 0.15) is 0 Å². The fraction of sp³-hybridized carbons (Fsp3) is 1.00. The van der Waals surface area contributed by atoms with E-state index in [1.54, 1.807) is 10.6 Å². The first kappa shape index (κ1) is 7.75. The summed E-state index contributed by atoms with van der Waals surface area (Å²) in [4.78, 5) is 0. The molecule has 0 N–H and O–H groups in total. The Kier molecular flexibility index (Phi) is 5.42. The summed E-state index contributed by atoms with van der Waals surface area (Å²) in [6.45, 7) is 0.